The fourth-order valence-corrected chi connectivity index (χ4v) is 2.27. The summed E-state index contributed by atoms with van der Waals surface area (Å²) in [7, 11) is 0. The Hall–Kier alpha value is -1.88. The molecule has 0 radical (unpaired) electrons. The minimum Gasteiger partial charge on any atom is -0.410 e. The van der Waals surface area contributed by atoms with Crippen LogP contribution in [0.2, 0.25) is 0 Å². The molecule has 1 heterocycles. The van der Waals surface area contributed by atoms with E-state index in [1.54, 1.807) is 12.1 Å². The Balaban J connectivity index is 1.90. The van der Waals surface area contributed by atoms with Gasteiger partial charge < -0.3 is 4.74 Å². The summed E-state index contributed by atoms with van der Waals surface area (Å²) in [5.41, 5.74) is 0.995. The summed E-state index contributed by atoms with van der Waals surface area (Å²) in [5, 5.41) is 3.38. The third-order valence-corrected chi connectivity index (χ3v) is 3.10. The second kappa shape index (κ2) is 6.33. The summed E-state index contributed by atoms with van der Waals surface area (Å²) in [4.78, 5) is 11.7. The van der Waals surface area contributed by atoms with E-state index in [1.807, 2.05) is 24.3 Å². The summed E-state index contributed by atoms with van der Waals surface area (Å²) >= 11 is 1.27. The topological polar surface area (TPSA) is 51.2 Å². The van der Waals surface area contributed by atoms with Crippen LogP contribution in [0.4, 0.5) is 9.80 Å². The van der Waals surface area contributed by atoms with Gasteiger partial charge in [-0.1, -0.05) is 32.0 Å². The second-order valence-corrected chi connectivity index (χ2v) is 5.41. The van der Waals surface area contributed by atoms with Crippen molar-refractivity contribution >= 4 is 22.6 Å². The number of hydrogen-bond donors (Lipinski definition) is 1. The van der Waals surface area contributed by atoms with Crippen LogP contribution in [0.25, 0.3) is 0 Å². The Morgan fingerprint density at radius 3 is 2.79 bits per heavy atom. The molecule has 0 aliphatic rings. The molecule has 0 atom stereocenters. The molecule has 4 nitrogen and oxygen atoms in total. The maximum absolute atomic E-state index is 11.7. The number of ether oxygens (including phenoxy) is 1. The van der Waals surface area contributed by atoms with Crippen molar-refractivity contribution < 1.29 is 9.53 Å². The number of anilines is 1. The quantitative estimate of drug-likeness (QED) is 0.919. The third-order valence-electron chi connectivity index (χ3n) is 2.36. The molecular weight excluding hydrogens is 260 g/mol. The lowest BCUT2D eigenvalue weighted by atomic mass is 10.1. The molecular formula is C14H16N2O2S. The molecule has 1 N–H and O–H groups in total. The lowest BCUT2D eigenvalue weighted by molar-refractivity contribution is 0.215. The fourth-order valence-electron chi connectivity index (χ4n) is 1.61. The smallest absolute Gasteiger partial charge is 0.410 e. The normalized spacial score (nSPS) is 10.5. The predicted octanol–water partition coefficient (Wildman–Crippen LogP) is 3.95. The number of carbonyl (C=O) groups excluding carboxylic acids is 1. The zero-order valence-electron chi connectivity index (χ0n) is 10.9. The first kappa shape index (κ1) is 13.5. The maximum Gasteiger partial charge on any atom is 0.417 e. The van der Waals surface area contributed by atoms with E-state index in [-0.39, 0.29) is 0 Å². The highest BCUT2D eigenvalue weighted by Crippen LogP contribution is 2.19. The molecule has 19 heavy (non-hydrogen) atoms. The van der Waals surface area contributed by atoms with E-state index in [9.17, 15) is 4.79 Å². The van der Waals surface area contributed by atoms with Crippen LogP contribution in [0, 0.1) is 5.92 Å². The van der Waals surface area contributed by atoms with Gasteiger partial charge in [0.2, 0.25) is 0 Å². The van der Waals surface area contributed by atoms with Crippen molar-refractivity contribution in [2.75, 3.05) is 5.32 Å². The van der Waals surface area contributed by atoms with Gasteiger partial charge in [0.1, 0.15) is 10.8 Å². The molecule has 0 fully saturated rings. The Morgan fingerprint density at radius 2 is 2.11 bits per heavy atom. The molecule has 1 aromatic heterocycles. The van der Waals surface area contributed by atoms with Crippen LogP contribution in [0.3, 0.4) is 0 Å². The van der Waals surface area contributed by atoms with Crippen molar-refractivity contribution in [2.45, 2.75) is 20.3 Å². The molecule has 0 aliphatic carbocycles. The number of amides is 1. The molecule has 1 amide bonds. The Labute approximate surface area is 116 Å². The first-order valence-corrected chi connectivity index (χ1v) is 6.90. The van der Waals surface area contributed by atoms with Crippen molar-refractivity contribution in [3.8, 4) is 5.75 Å². The predicted molar refractivity (Wildman–Crippen MR) is 76.7 cm³/mol. The highest BCUT2D eigenvalue weighted by atomic mass is 32.1. The first-order chi connectivity index (χ1) is 9.13. The monoisotopic (exact) mass is 276 g/mol. The third kappa shape index (κ3) is 4.37. The van der Waals surface area contributed by atoms with Gasteiger partial charge in [-0.05, 0) is 42.1 Å². The minimum atomic E-state index is -0.494. The molecule has 2 aromatic rings. The molecule has 100 valence electrons. The molecule has 0 saturated heterocycles. The van der Waals surface area contributed by atoms with Crippen LogP contribution >= 0.6 is 11.5 Å². The summed E-state index contributed by atoms with van der Waals surface area (Å²) in [6.07, 6.45) is 0.414. The molecule has 0 saturated carbocycles. The number of carbonyl (C=O) groups is 1. The molecule has 5 heteroatoms. The van der Waals surface area contributed by atoms with Crippen molar-refractivity contribution in [3.63, 3.8) is 0 Å². The summed E-state index contributed by atoms with van der Waals surface area (Å²) < 4.78 is 9.43. The summed E-state index contributed by atoms with van der Waals surface area (Å²) in [5.74, 6) is 1.07. The zero-order chi connectivity index (χ0) is 13.7. The van der Waals surface area contributed by atoms with Gasteiger partial charge in [-0.2, -0.15) is 4.37 Å². The molecule has 0 spiro atoms. The average molecular weight is 276 g/mol. The summed E-state index contributed by atoms with van der Waals surface area (Å²) in [6, 6.07) is 10.8. The maximum atomic E-state index is 11.7. The van der Waals surface area contributed by atoms with Gasteiger partial charge in [0, 0.05) is 0 Å². The number of nitrogens with zero attached hydrogens (tertiary/aromatic N) is 1. The largest absolute Gasteiger partial charge is 0.417 e. The van der Waals surface area contributed by atoms with Gasteiger partial charge in [-0.3, -0.25) is 5.32 Å². The van der Waals surface area contributed by atoms with Crippen LogP contribution < -0.4 is 10.1 Å². The van der Waals surface area contributed by atoms with Crippen molar-refractivity contribution in [2.24, 2.45) is 5.92 Å². The van der Waals surface area contributed by atoms with E-state index in [1.165, 1.54) is 11.5 Å². The Morgan fingerprint density at radius 1 is 1.37 bits per heavy atom. The molecule has 1 aromatic carbocycles. The highest BCUT2D eigenvalue weighted by molar-refractivity contribution is 7.10. The van der Waals surface area contributed by atoms with Gasteiger partial charge >= 0.3 is 6.09 Å². The Bertz CT molecular complexity index is 537. The fraction of sp³-hybridized carbons (Fsp3) is 0.286. The van der Waals surface area contributed by atoms with Crippen molar-refractivity contribution in [1.82, 2.24) is 4.37 Å². The van der Waals surface area contributed by atoms with Gasteiger partial charge in [0.15, 0.2) is 0 Å². The van der Waals surface area contributed by atoms with Crippen LogP contribution in [0.1, 0.15) is 19.5 Å². The molecule has 0 bridgehead atoms. The number of aromatic nitrogens is 1. The van der Waals surface area contributed by atoms with E-state index in [0.29, 0.717) is 16.7 Å². The van der Waals surface area contributed by atoms with E-state index in [0.717, 1.165) is 12.1 Å². The Kier molecular flexibility index (Phi) is 4.52. The van der Waals surface area contributed by atoms with Gasteiger partial charge in [-0.15, -0.1) is 0 Å². The van der Waals surface area contributed by atoms with Crippen LogP contribution in [-0.2, 0) is 6.42 Å². The summed E-state index contributed by atoms with van der Waals surface area (Å²) in [6.45, 7) is 4.27. The van der Waals surface area contributed by atoms with E-state index < -0.39 is 6.09 Å². The number of rotatable bonds is 4. The second-order valence-electron chi connectivity index (χ2n) is 4.61. The lowest BCUT2D eigenvalue weighted by Crippen LogP contribution is -2.15. The molecule has 2 rings (SSSR count). The standard InChI is InChI=1S/C14H16N2O2S/c1-10(2)8-11-9-13(19-16-11)15-14(17)18-12-6-4-3-5-7-12/h3-7,9-10H,8H2,1-2H3,(H,15,17). The molecule has 0 aliphatic heterocycles. The number of benzene rings is 1. The van der Waals surface area contributed by atoms with Crippen LogP contribution in [0.5, 0.6) is 5.75 Å². The van der Waals surface area contributed by atoms with Crippen molar-refractivity contribution in [1.29, 1.82) is 0 Å². The first-order valence-electron chi connectivity index (χ1n) is 6.13. The minimum absolute atomic E-state index is 0.494. The van der Waals surface area contributed by atoms with E-state index >= 15 is 0 Å². The van der Waals surface area contributed by atoms with Gasteiger partial charge in [0.05, 0.1) is 5.69 Å². The number of para-hydroxylation sites is 1. The van der Waals surface area contributed by atoms with E-state index in [2.05, 4.69) is 23.5 Å². The number of hydrogen-bond acceptors (Lipinski definition) is 4. The van der Waals surface area contributed by atoms with Gasteiger partial charge in [0.25, 0.3) is 0 Å². The number of nitrogens with one attached hydrogen (secondary N) is 1. The average Bonchev–Trinajstić information content (AvgIpc) is 2.76. The molecule has 0 unspecified atom stereocenters. The SMILES string of the molecule is CC(C)Cc1cc(NC(=O)Oc2ccccc2)sn1. The highest BCUT2D eigenvalue weighted by Gasteiger charge is 2.09. The lowest BCUT2D eigenvalue weighted by Gasteiger charge is -2.03. The van der Waals surface area contributed by atoms with Gasteiger partial charge in [-0.25, -0.2) is 4.79 Å². The van der Waals surface area contributed by atoms with Crippen molar-refractivity contribution in [3.05, 3.63) is 42.1 Å². The van der Waals surface area contributed by atoms with Crippen LogP contribution in [0.15, 0.2) is 36.4 Å². The van der Waals surface area contributed by atoms with Crippen LogP contribution in [-0.4, -0.2) is 10.5 Å². The zero-order valence-corrected chi connectivity index (χ0v) is 11.7. The van der Waals surface area contributed by atoms with E-state index in [4.69, 9.17) is 4.74 Å².